The summed E-state index contributed by atoms with van der Waals surface area (Å²) in [6.45, 7) is 10.2. The predicted octanol–water partition coefficient (Wildman–Crippen LogP) is -0.0195. The van der Waals surface area contributed by atoms with Crippen LogP contribution in [-0.4, -0.2) is 139 Å². The molecule has 0 spiro atoms. The topological polar surface area (TPSA) is 250 Å². The van der Waals surface area contributed by atoms with E-state index in [4.69, 9.17) is 52.1 Å². The van der Waals surface area contributed by atoms with Crippen LogP contribution in [0.4, 0.5) is 0 Å². The van der Waals surface area contributed by atoms with Crippen LogP contribution in [-0.2, 0) is 90.5 Å². The zero-order valence-electron chi connectivity index (χ0n) is 31.6. The number of hydrogen-bond acceptors (Lipinski definition) is 20. The highest BCUT2D eigenvalue weighted by Crippen LogP contribution is 2.45. The van der Waals surface area contributed by atoms with E-state index < -0.39 is 133 Å². The maximum Gasteiger partial charge on any atom is 0.348 e. The molecule has 3 heterocycles. The van der Waals surface area contributed by atoms with E-state index in [1.165, 1.54) is 0 Å². The highest BCUT2D eigenvalue weighted by atomic mass is 32.2. The molecule has 0 unspecified atom stereocenters. The maximum atomic E-state index is 13.9. The number of methoxy groups -OCH3 is 1. The van der Waals surface area contributed by atoms with Gasteiger partial charge in [0.15, 0.2) is 36.5 Å². The number of thioether (sulfide) groups is 1. The Morgan fingerprint density at radius 1 is 0.759 bits per heavy atom. The maximum absolute atomic E-state index is 13.9. The normalized spacial score (nSPS) is 29.9. The Balaban J connectivity index is 2.16. The smallest absolute Gasteiger partial charge is 0.348 e. The molecule has 1 N–H and O–H groups in total. The summed E-state index contributed by atoms with van der Waals surface area (Å²) >= 11 is 0.685. The van der Waals surface area contributed by atoms with Crippen LogP contribution in [0, 0.1) is 0 Å². The molecule has 0 aromatic rings. The molecule has 1 amide bonds. The minimum absolute atomic E-state index is 0.358. The summed E-state index contributed by atoms with van der Waals surface area (Å²) < 4.78 is 62.3. The monoisotopic (exact) mass is 793 g/mol. The number of hydrogen-bond donors (Lipinski definition) is 1. The molecule has 54 heavy (non-hydrogen) atoms. The molecule has 20 nitrogen and oxygen atoms in total. The summed E-state index contributed by atoms with van der Waals surface area (Å²) in [5.74, 6) is -8.19. The number of esters is 7. The van der Waals surface area contributed by atoms with Gasteiger partial charge in [-0.2, -0.15) is 0 Å². The second kappa shape index (κ2) is 18.5. The van der Waals surface area contributed by atoms with Crippen molar-refractivity contribution in [1.82, 2.24) is 5.32 Å². The van der Waals surface area contributed by atoms with E-state index in [9.17, 15) is 38.4 Å². The van der Waals surface area contributed by atoms with Crippen molar-refractivity contribution in [3.63, 3.8) is 0 Å². The van der Waals surface area contributed by atoms with Crippen molar-refractivity contribution in [3.05, 3.63) is 0 Å². The molecule has 0 bridgehead atoms. The van der Waals surface area contributed by atoms with Gasteiger partial charge in [0.25, 0.3) is 0 Å². The molecule has 304 valence electrons. The van der Waals surface area contributed by atoms with Gasteiger partial charge in [-0.1, -0.05) is 0 Å². The first-order valence-electron chi connectivity index (χ1n) is 16.8. The number of carbonyl (C=O) groups is 8. The first-order valence-corrected chi connectivity index (χ1v) is 17.7. The molecule has 3 fully saturated rings. The van der Waals surface area contributed by atoms with Gasteiger partial charge >= 0.3 is 41.8 Å². The zero-order valence-corrected chi connectivity index (χ0v) is 32.4. The van der Waals surface area contributed by atoms with Crippen LogP contribution in [0.1, 0.15) is 68.7 Å². The van der Waals surface area contributed by atoms with Gasteiger partial charge in [-0.05, 0) is 13.8 Å². The van der Waals surface area contributed by atoms with Gasteiger partial charge in [-0.15, -0.1) is 11.8 Å². The van der Waals surface area contributed by atoms with E-state index in [1.54, 1.807) is 13.8 Å². The summed E-state index contributed by atoms with van der Waals surface area (Å²) in [7, 11) is 1.04. The molecule has 0 aromatic heterocycles. The van der Waals surface area contributed by atoms with Crippen LogP contribution in [0.15, 0.2) is 0 Å². The summed E-state index contributed by atoms with van der Waals surface area (Å²) in [5.41, 5.74) is 0. The van der Waals surface area contributed by atoms with Crippen molar-refractivity contribution < 1.29 is 90.5 Å². The van der Waals surface area contributed by atoms with Crippen molar-refractivity contribution in [2.75, 3.05) is 19.5 Å². The number of ether oxygens (including phenoxy) is 11. The summed E-state index contributed by atoms with van der Waals surface area (Å²) in [6, 6.07) is -1.39. The van der Waals surface area contributed by atoms with Crippen molar-refractivity contribution in [1.29, 1.82) is 0 Å². The predicted molar refractivity (Wildman–Crippen MR) is 177 cm³/mol. The fourth-order valence-corrected chi connectivity index (χ4v) is 7.66. The van der Waals surface area contributed by atoms with E-state index in [0.29, 0.717) is 11.8 Å². The Morgan fingerprint density at radius 2 is 1.37 bits per heavy atom. The molecular formula is C33H47NO19S. The average molecular weight is 794 g/mol. The van der Waals surface area contributed by atoms with Gasteiger partial charge in [-0.3, -0.25) is 33.6 Å². The Bertz CT molecular complexity index is 1450. The third kappa shape index (κ3) is 11.7. The SMILES string of the molecule is COC(=O)[C@@]1(SC[C@@H](OC(C)=O)[C@H]2O[C@H]3OC(C)(C)O[C@@H]3[C@H]2OC(C)=O)C[C@H](OC(C)=O)[C@@H](NC(C)=O)[C@H]([C@H](OC(C)=O)[C@@H](COC(C)=O)OC(C)=O)O1. The zero-order chi connectivity index (χ0) is 40.7. The summed E-state index contributed by atoms with van der Waals surface area (Å²) in [4.78, 5) is 98.0. The molecule has 0 radical (unpaired) electrons. The van der Waals surface area contributed by atoms with E-state index in [1.807, 2.05) is 0 Å². The van der Waals surface area contributed by atoms with Crippen molar-refractivity contribution in [3.8, 4) is 0 Å². The Labute approximate surface area is 315 Å². The van der Waals surface area contributed by atoms with Crippen LogP contribution in [0.3, 0.4) is 0 Å². The molecule has 0 aliphatic carbocycles. The number of nitrogens with one attached hydrogen (secondary N) is 1. The Kier molecular flexibility index (Phi) is 15.2. The van der Waals surface area contributed by atoms with Gasteiger partial charge < -0.3 is 57.4 Å². The van der Waals surface area contributed by atoms with Crippen molar-refractivity contribution >= 4 is 59.5 Å². The van der Waals surface area contributed by atoms with Gasteiger partial charge in [0, 0.05) is 60.6 Å². The van der Waals surface area contributed by atoms with Crippen LogP contribution < -0.4 is 5.32 Å². The lowest BCUT2D eigenvalue weighted by molar-refractivity contribution is -0.230. The number of fused-ring (bicyclic) bond motifs is 1. The fraction of sp³-hybridized carbons (Fsp3) is 0.758. The van der Waals surface area contributed by atoms with Crippen LogP contribution in [0.5, 0.6) is 0 Å². The largest absolute Gasteiger partial charge is 0.466 e. The second-order valence-electron chi connectivity index (χ2n) is 13.0. The quantitative estimate of drug-likeness (QED) is 0.169. The van der Waals surface area contributed by atoms with Gasteiger partial charge in [0.1, 0.15) is 31.0 Å². The van der Waals surface area contributed by atoms with E-state index >= 15 is 0 Å². The standard InChI is InChI=1S/C33H47NO19S/c1-14(35)34-24-21(45-16(3)37)11-33(31(42)43-10,52-27(24)25(48-19(6)40)22(46-17(4)38)12-44-15(2)36)54-13-23(47-18(5)39)26-28(49-20(7)41)29-30(50-26)53-32(8,9)51-29/h21-30H,11-13H2,1-10H3,(H,34,35)/t21-,22+,23+,24+,25+,26+,27+,28-,29+,30-,33-/m0/s1. The lowest BCUT2D eigenvalue weighted by Crippen LogP contribution is -2.68. The number of amides is 1. The summed E-state index contributed by atoms with van der Waals surface area (Å²) in [6.07, 6.45) is -12.6. The average Bonchev–Trinajstić information content (AvgIpc) is 3.51. The van der Waals surface area contributed by atoms with E-state index in [-0.39, 0.29) is 5.75 Å². The number of carbonyl (C=O) groups excluding carboxylic acids is 8. The number of rotatable bonds is 15. The molecule has 3 aliphatic heterocycles. The minimum atomic E-state index is -2.23. The van der Waals surface area contributed by atoms with Crippen molar-refractivity contribution in [2.24, 2.45) is 0 Å². The molecular weight excluding hydrogens is 746 g/mol. The fourth-order valence-electron chi connectivity index (χ4n) is 6.30. The first kappa shape index (κ1) is 44.3. The van der Waals surface area contributed by atoms with Crippen molar-refractivity contribution in [2.45, 2.75) is 141 Å². The molecule has 11 atom stereocenters. The van der Waals surface area contributed by atoms with Crippen LogP contribution in [0.2, 0.25) is 0 Å². The van der Waals surface area contributed by atoms with Gasteiger partial charge in [0.05, 0.1) is 13.2 Å². The lowest BCUT2D eigenvalue weighted by atomic mass is 9.89. The van der Waals surface area contributed by atoms with Gasteiger partial charge in [-0.25, -0.2) is 4.79 Å². The first-order chi connectivity index (χ1) is 25.1. The second-order valence-corrected chi connectivity index (χ2v) is 14.3. The Morgan fingerprint density at radius 3 is 1.89 bits per heavy atom. The van der Waals surface area contributed by atoms with E-state index in [0.717, 1.165) is 55.6 Å². The van der Waals surface area contributed by atoms with Crippen LogP contribution >= 0.6 is 11.8 Å². The molecule has 0 aromatic carbocycles. The molecule has 3 saturated heterocycles. The molecule has 0 saturated carbocycles. The van der Waals surface area contributed by atoms with E-state index in [2.05, 4.69) is 5.32 Å². The Hall–Kier alpha value is -4.05. The highest BCUT2D eigenvalue weighted by molar-refractivity contribution is 8.01. The summed E-state index contributed by atoms with van der Waals surface area (Å²) in [5, 5.41) is 2.59. The third-order valence-corrected chi connectivity index (χ3v) is 9.38. The third-order valence-electron chi connectivity index (χ3n) is 7.99. The van der Waals surface area contributed by atoms with Gasteiger partial charge in [0.2, 0.25) is 10.8 Å². The lowest BCUT2D eigenvalue weighted by Gasteiger charge is -2.49. The minimum Gasteiger partial charge on any atom is -0.466 e. The molecule has 3 aliphatic rings. The van der Waals surface area contributed by atoms with Crippen LogP contribution in [0.25, 0.3) is 0 Å². The highest BCUT2D eigenvalue weighted by Gasteiger charge is 2.61. The molecule has 21 heteroatoms. The molecule has 3 rings (SSSR count).